The van der Waals surface area contributed by atoms with E-state index >= 15 is 0 Å². The number of nitrogens with zero attached hydrogens (tertiary/aromatic N) is 4. The number of fused-ring (bicyclic) bond motifs is 8. The summed E-state index contributed by atoms with van der Waals surface area (Å²) in [6.45, 7) is 0. The largest absolute Gasteiger partial charge is 0.309 e. The number of hydrogen-bond acceptors (Lipinski definition) is 2. The number of para-hydroxylation sites is 3. The summed E-state index contributed by atoms with van der Waals surface area (Å²) in [7, 11) is 0. The highest BCUT2D eigenvalue weighted by molar-refractivity contribution is 6.19. The Morgan fingerprint density at radius 2 is 0.788 bits per heavy atom. The molecule has 0 amide bonds. The van der Waals surface area contributed by atoms with Crippen molar-refractivity contribution in [2.45, 2.75) is 0 Å². The molecule has 3 aromatic heterocycles. The summed E-state index contributed by atoms with van der Waals surface area (Å²) in [6.07, 6.45) is 0. The smallest absolute Gasteiger partial charge is 0.235 e. The second-order valence-electron chi connectivity index (χ2n) is 13.5. The molecule has 0 aliphatic heterocycles. The van der Waals surface area contributed by atoms with Crippen molar-refractivity contribution in [2.24, 2.45) is 0 Å². The lowest BCUT2D eigenvalue weighted by Gasteiger charge is -2.13. The minimum atomic E-state index is 0.640. The molecule has 52 heavy (non-hydrogen) atoms. The number of hydrogen-bond donors (Lipinski definition) is 0. The molecule has 0 fully saturated rings. The SMILES string of the molecule is c1ccc(-n2c3ccccc3c3cc4c5ccccc5n(-c5nc(-c6ccc7ccccc7c6)cc(-c6ccc7ccccc7c6)n5)c4cc32)cc1. The topological polar surface area (TPSA) is 35.6 Å². The maximum Gasteiger partial charge on any atom is 0.235 e. The van der Waals surface area contributed by atoms with Crippen molar-refractivity contribution in [2.75, 3.05) is 0 Å². The van der Waals surface area contributed by atoms with Crippen LogP contribution in [0.25, 0.3) is 99.3 Å². The van der Waals surface area contributed by atoms with Gasteiger partial charge in [0.2, 0.25) is 5.95 Å². The Hall–Kier alpha value is -7.04. The predicted molar refractivity (Wildman–Crippen MR) is 217 cm³/mol. The molecule has 0 atom stereocenters. The molecule has 11 rings (SSSR count). The third-order valence-corrected chi connectivity index (χ3v) is 10.5. The highest BCUT2D eigenvalue weighted by Crippen LogP contribution is 2.40. The van der Waals surface area contributed by atoms with Crippen LogP contribution in [0.15, 0.2) is 182 Å². The van der Waals surface area contributed by atoms with Crippen LogP contribution in [0.4, 0.5) is 0 Å². The van der Waals surface area contributed by atoms with Gasteiger partial charge in [0.15, 0.2) is 0 Å². The summed E-state index contributed by atoms with van der Waals surface area (Å²) in [5.41, 5.74) is 9.45. The monoisotopic (exact) mass is 662 g/mol. The van der Waals surface area contributed by atoms with Crippen molar-refractivity contribution in [3.05, 3.63) is 182 Å². The Labute approximate surface area is 299 Å². The van der Waals surface area contributed by atoms with Crippen molar-refractivity contribution in [1.82, 2.24) is 19.1 Å². The summed E-state index contributed by atoms with van der Waals surface area (Å²) >= 11 is 0. The van der Waals surface area contributed by atoms with E-state index in [1.165, 1.54) is 48.6 Å². The fourth-order valence-corrected chi connectivity index (χ4v) is 8.03. The lowest BCUT2D eigenvalue weighted by Crippen LogP contribution is -2.04. The molecule has 0 aliphatic carbocycles. The Kier molecular flexibility index (Phi) is 6.22. The minimum Gasteiger partial charge on any atom is -0.309 e. The first-order valence-corrected chi connectivity index (χ1v) is 17.7. The molecule has 242 valence electrons. The van der Waals surface area contributed by atoms with E-state index in [0.29, 0.717) is 5.95 Å². The Balaban J connectivity index is 1.23. The van der Waals surface area contributed by atoms with Crippen molar-refractivity contribution >= 4 is 65.2 Å². The first-order valence-electron chi connectivity index (χ1n) is 17.7. The van der Waals surface area contributed by atoms with Crippen LogP contribution in [0, 0.1) is 0 Å². The van der Waals surface area contributed by atoms with Gasteiger partial charge in [-0.25, -0.2) is 9.97 Å². The first kappa shape index (κ1) is 28.8. The highest BCUT2D eigenvalue weighted by atomic mass is 15.2. The van der Waals surface area contributed by atoms with E-state index in [9.17, 15) is 0 Å². The molecule has 11 aromatic rings. The number of aromatic nitrogens is 4. The predicted octanol–water partition coefficient (Wildman–Crippen LogP) is 12.3. The molecule has 0 radical (unpaired) electrons. The first-order chi connectivity index (χ1) is 25.8. The van der Waals surface area contributed by atoms with Crippen LogP contribution in [-0.4, -0.2) is 19.1 Å². The molecule has 0 saturated heterocycles. The van der Waals surface area contributed by atoms with Crippen molar-refractivity contribution in [1.29, 1.82) is 0 Å². The van der Waals surface area contributed by atoms with Gasteiger partial charge in [0, 0.05) is 38.4 Å². The van der Waals surface area contributed by atoms with E-state index in [-0.39, 0.29) is 0 Å². The summed E-state index contributed by atoms with van der Waals surface area (Å²) in [6, 6.07) is 64.9. The lowest BCUT2D eigenvalue weighted by atomic mass is 10.0. The normalized spacial score (nSPS) is 11.8. The van der Waals surface area contributed by atoms with Gasteiger partial charge < -0.3 is 4.57 Å². The van der Waals surface area contributed by atoms with Crippen LogP contribution in [0.5, 0.6) is 0 Å². The second kappa shape index (κ2) is 11.2. The summed E-state index contributed by atoms with van der Waals surface area (Å²) in [5, 5.41) is 9.56. The fraction of sp³-hybridized carbons (Fsp3) is 0. The molecule has 0 saturated carbocycles. The van der Waals surface area contributed by atoms with Crippen LogP contribution < -0.4 is 0 Å². The maximum atomic E-state index is 5.39. The third-order valence-electron chi connectivity index (χ3n) is 10.5. The summed E-state index contributed by atoms with van der Waals surface area (Å²) in [4.78, 5) is 10.8. The van der Waals surface area contributed by atoms with Crippen LogP contribution in [-0.2, 0) is 0 Å². The van der Waals surface area contributed by atoms with Gasteiger partial charge in [0.05, 0.1) is 33.5 Å². The molecule has 8 aromatic carbocycles. The molecule has 0 spiro atoms. The number of rotatable bonds is 4. The molecular weight excluding hydrogens is 633 g/mol. The van der Waals surface area contributed by atoms with E-state index in [1.807, 2.05) is 0 Å². The zero-order chi connectivity index (χ0) is 34.2. The van der Waals surface area contributed by atoms with E-state index in [2.05, 4.69) is 191 Å². The Morgan fingerprint density at radius 1 is 0.308 bits per heavy atom. The van der Waals surface area contributed by atoms with E-state index in [1.54, 1.807) is 0 Å². The van der Waals surface area contributed by atoms with Gasteiger partial charge in [0.1, 0.15) is 0 Å². The van der Waals surface area contributed by atoms with Crippen LogP contribution in [0.2, 0.25) is 0 Å². The Morgan fingerprint density at radius 3 is 1.38 bits per heavy atom. The maximum absolute atomic E-state index is 5.39. The van der Waals surface area contributed by atoms with Gasteiger partial charge in [-0.15, -0.1) is 0 Å². The molecule has 4 heteroatoms. The molecule has 0 bridgehead atoms. The van der Waals surface area contributed by atoms with Crippen LogP contribution in [0.1, 0.15) is 0 Å². The number of benzene rings is 8. The molecule has 0 N–H and O–H groups in total. The van der Waals surface area contributed by atoms with Crippen LogP contribution >= 0.6 is 0 Å². The standard InChI is InChI=1S/C48H30N4/c1-2-16-37(17-3-1)51-44-20-10-8-18-38(44)40-28-41-39-19-9-11-21-45(39)52(47(41)30-46(40)51)48-49-42(35-24-22-31-12-4-6-14-33(31)26-35)29-43(50-48)36-25-23-32-13-5-7-15-34(32)27-36/h1-30H. The van der Waals surface area contributed by atoms with Crippen molar-refractivity contribution in [3.63, 3.8) is 0 Å². The zero-order valence-electron chi connectivity index (χ0n) is 28.1. The van der Waals surface area contributed by atoms with E-state index in [4.69, 9.17) is 9.97 Å². The van der Waals surface area contributed by atoms with Gasteiger partial charge in [-0.3, -0.25) is 4.57 Å². The van der Waals surface area contributed by atoms with Gasteiger partial charge in [-0.2, -0.15) is 0 Å². The van der Waals surface area contributed by atoms with Gasteiger partial charge in [-0.1, -0.05) is 127 Å². The average Bonchev–Trinajstić information content (AvgIpc) is 3.71. The summed E-state index contributed by atoms with van der Waals surface area (Å²) in [5.74, 6) is 0.640. The van der Waals surface area contributed by atoms with Gasteiger partial charge in [-0.05, 0) is 76.1 Å². The molecule has 0 aliphatic rings. The fourth-order valence-electron chi connectivity index (χ4n) is 8.03. The minimum absolute atomic E-state index is 0.640. The summed E-state index contributed by atoms with van der Waals surface area (Å²) < 4.78 is 4.63. The zero-order valence-corrected chi connectivity index (χ0v) is 28.1. The Bertz CT molecular complexity index is 3090. The van der Waals surface area contributed by atoms with Gasteiger partial charge in [0.25, 0.3) is 0 Å². The van der Waals surface area contributed by atoms with Crippen molar-refractivity contribution < 1.29 is 0 Å². The van der Waals surface area contributed by atoms with Crippen LogP contribution in [0.3, 0.4) is 0 Å². The van der Waals surface area contributed by atoms with E-state index in [0.717, 1.165) is 44.8 Å². The molecular formula is C48H30N4. The second-order valence-corrected chi connectivity index (χ2v) is 13.5. The average molecular weight is 663 g/mol. The third kappa shape index (κ3) is 4.41. The lowest BCUT2D eigenvalue weighted by molar-refractivity contribution is 0.996. The van der Waals surface area contributed by atoms with Crippen molar-refractivity contribution in [3.8, 4) is 34.2 Å². The highest BCUT2D eigenvalue weighted by Gasteiger charge is 2.20. The van der Waals surface area contributed by atoms with Gasteiger partial charge >= 0.3 is 0 Å². The molecule has 0 unspecified atom stereocenters. The quantitative estimate of drug-likeness (QED) is 0.188. The molecule has 3 heterocycles. The van der Waals surface area contributed by atoms with E-state index < -0.39 is 0 Å². The molecule has 4 nitrogen and oxygen atoms in total.